The van der Waals surface area contributed by atoms with Crippen molar-refractivity contribution < 1.29 is 13.6 Å². The fourth-order valence-electron chi connectivity index (χ4n) is 5.19. The van der Waals surface area contributed by atoms with Crippen LogP contribution < -0.4 is 5.32 Å². The highest BCUT2D eigenvalue weighted by Gasteiger charge is 2.36. The van der Waals surface area contributed by atoms with E-state index in [1.165, 1.54) is 18.9 Å². The first-order valence-electron chi connectivity index (χ1n) is 10.1. The molecular weight excluding hydrogens is 334 g/mol. The number of carbonyl (C=O) groups excluding carboxylic acids is 1. The van der Waals surface area contributed by atoms with Crippen LogP contribution in [-0.4, -0.2) is 28.9 Å². The first-order valence-corrected chi connectivity index (χ1v) is 10.1. The van der Waals surface area contributed by atoms with Crippen LogP contribution in [0.25, 0.3) is 0 Å². The summed E-state index contributed by atoms with van der Waals surface area (Å²) in [6.07, 6.45) is 9.27. The third-order valence-corrected chi connectivity index (χ3v) is 6.47. The first-order chi connectivity index (χ1) is 12.6. The SMILES string of the molecule is O=C(CC1CC2CCC(C1)N2)N(Cc1cc(F)ccc1F)C1CCCC1. The van der Waals surface area contributed by atoms with Crippen LogP contribution in [0, 0.1) is 17.6 Å². The smallest absolute Gasteiger partial charge is 0.223 e. The lowest BCUT2D eigenvalue weighted by atomic mass is 9.89. The van der Waals surface area contributed by atoms with E-state index < -0.39 is 11.6 Å². The second-order valence-corrected chi connectivity index (χ2v) is 8.38. The van der Waals surface area contributed by atoms with Crippen LogP contribution in [0.1, 0.15) is 63.4 Å². The zero-order valence-electron chi connectivity index (χ0n) is 15.2. The summed E-state index contributed by atoms with van der Waals surface area (Å²) in [5.41, 5.74) is 0.288. The van der Waals surface area contributed by atoms with Gasteiger partial charge in [-0.2, -0.15) is 0 Å². The Hall–Kier alpha value is -1.49. The highest BCUT2D eigenvalue weighted by molar-refractivity contribution is 5.77. The molecule has 0 aromatic heterocycles. The number of nitrogens with one attached hydrogen (secondary N) is 1. The van der Waals surface area contributed by atoms with Crippen LogP contribution in [0.5, 0.6) is 0 Å². The van der Waals surface area contributed by atoms with Crippen molar-refractivity contribution in [2.75, 3.05) is 0 Å². The van der Waals surface area contributed by atoms with Crippen LogP contribution in [0.15, 0.2) is 18.2 Å². The minimum absolute atomic E-state index is 0.117. The van der Waals surface area contributed by atoms with Crippen molar-refractivity contribution in [3.63, 3.8) is 0 Å². The van der Waals surface area contributed by atoms with Crippen LogP contribution in [-0.2, 0) is 11.3 Å². The molecule has 2 heterocycles. The molecule has 2 saturated heterocycles. The van der Waals surface area contributed by atoms with Gasteiger partial charge in [-0.25, -0.2) is 8.78 Å². The topological polar surface area (TPSA) is 32.3 Å². The van der Waals surface area contributed by atoms with Crippen molar-refractivity contribution in [3.05, 3.63) is 35.4 Å². The summed E-state index contributed by atoms with van der Waals surface area (Å²) in [6, 6.07) is 4.82. The molecule has 1 N–H and O–H groups in total. The second kappa shape index (κ2) is 7.63. The highest BCUT2D eigenvalue weighted by atomic mass is 19.1. The van der Waals surface area contributed by atoms with E-state index in [-0.39, 0.29) is 24.1 Å². The number of hydrogen-bond acceptors (Lipinski definition) is 2. The Balaban J connectivity index is 1.47. The van der Waals surface area contributed by atoms with E-state index in [2.05, 4.69) is 5.32 Å². The van der Waals surface area contributed by atoms with Gasteiger partial charge < -0.3 is 10.2 Å². The Kier molecular flexibility index (Phi) is 5.25. The molecule has 142 valence electrons. The number of benzene rings is 1. The van der Waals surface area contributed by atoms with Crippen LogP contribution in [0.3, 0.4) is 0 Å². The molecule has 1 amide bonds. The Bertz CT molecular complexity index is 647. The number of carbonyl (C=O) groups is 1. The molecule has 2 atom stereocenters. The summed E-state index contributed by atoms with van der Waals surface area (Å²) in [5.74, 6) is -0.341. The van der Waals surface area contributed by atoms with Gasteiger partial charge in [-0.15, -0.1) is 0 Å². The Morgan fingerprint density at radius 2 is 1.77 bits per heavy atom. The van der Waals surface area contributed by atoms with Gasteiger partial charge in [0.1, 0.15) is 11.6 Å². The predicted octanol–water partition coefficient (Wildman–Crippen LogP) is 4.16. The van der Waals surface area contributed by atoms with Crippen molar-refractivity contribution in [2.24, 2.45) is 5.92 Å². The maximum absolute atomic E-state index is 14.1. The number of fused-ring (bicyclic) bond motifs is 2. The van der Waals surface area contributed by atoms with Gasteiger partial charge in [0.15, 0.2) is 0 Å². The van der Waals surface area contributed by atoms with E-state index in [0.717, 1.165) is 50.7 Å². The third kappa shape index (κ3) is 3.93. The summed E-state index contributed by atoms with van der Waals surface area (Å²) in [4.78, 5) is 15.0. The van der Waals surface area contributed by atoms with Crippen molar-refractivity contribution in [1.29, 1.82) is 0 Å². The molecule has 2 aliphatic heterocycles. The lowest BCUT2D eigenvalue weighted by Crippen LogP contribution is -2.42. The standard InChI is InChI=1S/C21H28F2N2O/c22-16-5-8-20(23)15(12-16)13-25(19-3-1-2-4-19)21(26)11-14-9-17-6-7-18(10-14)24-17/h5,8,12,14,17-19,24H,1-4,6-7,9-11,13H2. The van der Waals surface area contributed by atoms with E-state index in [1.54, 1.807) is 0 Å². The fraction of sp³-hybridized carbons (Fsp3) is 0.667. The van der Waals surface area contributed by atoms with Crippen molar-refractivity contribution >= 4 is 5.91 Å². The van der Waals surface area contributed by atoms with Gasteiger partial charge in [-0.1, -0.05) is 12.8 Å². The van der Waals surface area contributed by atoms with Crippen LogP contribution >= 0.6 is 0 Å². The molecular formula is C21H28F2N2O. The maximum Gasteiger partial charge on any atom is 0.223 e. The highest BCUT2D eigenvalue weighted by Crippen LogP contribution is 2.34. The van der Waals surface area contributed by atoms with Gasteiger partial charge >= 0.3 is 0 Å². The molecule has 3 fully saturated rings. The van der Waals surface area contributed by atoms with Gasteiger partial charge in [0.2, 0.25) is 5.91 Å². The maximum atomic E-state index is 14.1. The van der Waals surface area contributed by atoms with E-state index in [1.807, 2.05) is 4.90 Å². The molecule has 3 aliphatic rings. The van der Waals surface area contributed by atoms with Crippen molar-refractivity contribution in [3.8, 4) is 0 Å². The van der Waals surface area contributed by atoms with Gasteiger partial charge in [0.05, 0.1) is 0 Å². The van der Waals surface area contributed by atoms with Gasteiger partial charge in [-0.05, 0) is 62.6 Å². The summed E-state index contributed by atoms with van der Waals surface area (Å²) >= 11 is 0. The molecule has 2 bridgehead atoms. The molecule has 0 radical (unpaired) electrons. The van der Waals surface area contributed by atoms with Crippen molar-refractivity contribution in [1.82, 2.24) is 10.2 Å². The number of nitrogens with zero attached hydrogens (tertiary/aromatic N) is 1. The van der Waals surface area contributed by atoms with Gasteiger partial charge in [-0.3, -0.25) is 4.79 Å². The van der Waals surface area contributed by atoms with Gasteiger partial charge in [0, 0.05) is 36.7 Å². The Labute approximate surface area is 154 Å². The largest absolute Gasteiger partial charge is 0.335 e. The third-order valence-electron chi connectivity index (χ3n) is 6.47. The number of amides is 1. The average Bonchev–Trinajstić information content (AvgIpc) is 3.25. The number of piperidine rings is 1. The van der Waals surface area contributed by atoms with E-state index in [9.17, 15) is 13.6 Å². The summed E-state index contributed by atoms with van der Waals surface area (Å²) in [6.45, 7) is 0.185. The van der Waals surface area contributed by atoms with E-state index in [0.29, 0.717) is 24.4 Å². The van der Waals surface area contributed by atoms with Crippen LogP contribution in [0.4, 0.5) is 8.78 Å². The molecule has 4 rings (SSSR count). The average molecular weight is 362 g/mol. The van der Waals surface area contributed by atoms with Crippen LogP contribution in [0.2, 0.25) is 0 Å². The fourth-order valence-corrected chi connectivity index (χ4v) is 5.19. The number of halogens is 2. The summed E-state index contributed by atoms with van der Waals surface area (Å²) < 4.78 is 27.7. The van der Waals surface area contributed by atoms with Crippen molar-refractivity contribution in [2.45, 2.75) is 82.5 Å². The zero-order chi connectivity index (χ0) is 18.1. The zero-order valence-corrected chi connectivity index (χ0v) is 15.2. The molecule has 0 spiro atoms. The molecule has 5 heteroatoms. The normalized spacial score (nSPS) is 28.5. The summed E-state index contributed by atoms with van der Waals surface area (Å²) in [7, 11) is 0. The monoisotopic (exact) mass is 362 g/mol. The van der Waals surface area contributed by atoms with Gasteiger partial charge in [0.25, 0.3) is 0 Å². The molecule has 26 heavy (non-hydrogen) atoms. The van der Waals surface area contributed by atoms with E-state index >= 15 is 0 Å². The predicted molar refractivity (Wildman–Crippen MR) is 96.5 cm³/mol. The number of rotatable bonds is 5. The molecule has 1 aromatic carbocycles. The minimum Gasteiger partial charge on any atom is -0.335 e. The lowest BCUT2D eigenvalue weighted by molar-refractivity contribution is -0.135. The first kappa shape index (κ1) is 17.9. The summed E-state index contributed by atoms with van der Waals surface area (Å²) in [5, 5.41) is 3.62. The molecule has 1 aromatic rings. The molecule has 1 saturated carbocycles. The number of hydrogen-bond donors (Lipinski definition) is 1. The minimum atomic E-state index is -0.449. The van der Waals surface area contributed by atoms with E-state index in [4.69, 9.17) is 0 Å². The lowest BCUT2D eigenvalue weighted by Gasteiger charge is -2.33. The molecule has 3 nitrogen and oxygen atoms in total. The Morgan fingerprint density at radius 3 is 2.46 bits per heavy atom. The molecule has 1 aliphatic carbocycles. The Morgan fingerprint density at radius 1 is 1.08 bits per heavy atom. The molecule has 2 unspecified atom stereocenters. The second-order valence-electron chi connectivity index (χ2n) is 8.38. The quantitative estimate of drug-likeness (QED) is 0.853.